The van der Waals surface area contributed by atoms with E-state index in [2.05, 4.69) is 472 Å². The number of rotatable bonds is 9. The molecular formula is C128H91N. The molecule has 0 atom stereocenters. The highest BCUT2D eigenvalue weighted by molar-refractivity contribution is 6.24. The molecule has 129 heavy (non-hydrogen) atoms. The fourth-order valence-electron chi connectivity index (χ4n) is 21.3. The molecule has 3 aliphatic rings. The van der Waals surface area contributed by atoms with Crippen LogP contribution in [0.25, 0.3) is 188 Å². The second-order valence-corrected chi connectivity index (χ2v) is 36.1. The minimum Gasteiger partial charge on any atom is -0.192 e. The maximum absolute atomic E-state index is 9.45. The molecule has 0 radical (unpaired) electrons. The van der Waals surface area contributed by atoms with E-state index in [-0.39, 0.29) is 16.2 Å². The number of hydrogen-bond acceptors (Lipinski definition) is 1. The molecule has 0 saturated carbocycles. The van der Waals surface area contributed by atoms with Crippen molar-refractivity contribution in [1.82, 2.24) is 0 Å². The first kappa shape index (κ1) is 78.9. The number of nitrogens with zero attached hydrogens (tertiary/aromatic N) is 1. The van der Waals surface area contributed by atoms with E-state index in [4.69, 9.17) is 0 Å². The van der Waals surface area contributed by atoms with E-state index in [1.807, 2.05) is 30.3 Å². The van der Waals surface area contributed by atoms with Crippen molar-refractivity contribution >= 4 is 76.8 Å². The van der Waals surface area contributed by atoms with E-state index in [1.165, 1.54) is 215 Å². The quantitative estimate of drug-likeness (QED) is 0.0803. The van der Waals surface area contributed by atoms with Gasteiger partial charge < -0.3 is 0 Å². The van der Waals surface area contributed by atoms with Gasteiger partial charge in [0.15, 0.2) is 0 Å². The maximum Gasteiger partial charge on any atom is 0.0991 e. The van der Waals surface area contributed by atoms with E-state index in [0.29, 0.717) is 5.56 Å². The van der Waals surface area contributed by atoms with E-state index in [0.717, 1.165) is 16.7 Å². The third kappa shape index (κ3) is 13.7. The van der Waals surface area contributed by atoms with Crippen molar-refractivity contribution < 1.29 is 0 Å². The van der Waals surface area contributed by atoms with Crippen LogP contribution in [-0.4, -0.2) is 0 Å². The van der Waals surface area contributed by atoms with Crippen LogP contribution in [0.1, 0.15) is 103 Å². The lowest BCUT2D eigenvalue weighted by atomic mass is 9.81. The predicted octanol–water partition coefficient (Wildman–Crippen LogP) is 34.0. The van der Waals surface area contributed by atoms with Crippen LogP contribution in [0.4, 0.5) is 0 Å². The minimum atomic E-state index is -0.0332. The monoisotopic (exact) mass is 1640 g/mol. The van der Waals surface area contributed by atoms with Gasteiger partial charge in [-0.2, -0.15) is 5.26 Å². The lowest BCUT2D eigenvalue weighted by Gasteiger charge is -2.22. The zero-order valence-corrected chi connectivity index (χ0v) is 73.1. The topological polar surface area (TPSA) is 23.8 Å². The largest absolute Gasteiger partial charge is 0.192 e. The predicted molar refractivity (Wildman–Crippen MR) is 548 cm³/mol. The normalized spacial score (nSPS) is 13.1. The molecule has 0 N–H and O–H groups in total. The third-order valence-electron chi connectivity index (χ3n) is 27.7. The molecule has 0 amide bonds. The highest BCUT2D eigenvalue weighted by Gasteiger charge is 2.39. The molecule has 0 spiro atoms. The molecule has 21 aromatic carbocycles. The van der Waals surface area contributed by atoms with Gasteiger partial charge in [-0.05, 0) is 281 Å². The molecule has 1 heteroatoms. The van der Waals surface area contributed by atoms with Gasteiger partial charge in [0.05, 0.1) is 11.6 Å². The van der Waals surface area contributed by atoms with E-state index in [9.17, 15) is 5.26 Å². The molecule has 0 aromatic heterocycles. The van der Waals surface area contributed by atoms with Crippen molar-refractivity contribution in [3.8, 4) is 129 Å². The Morgan fingerprint density at radius 2 is 0.481 bits per heavy atom. The summed E-state index contributed by atoms with van der Waals surface area (Å²) in [6.45, 7) is 14.1. The van der Waals surface area contributed by atoms with Gasteiger partial charge in [-0.3, -0.25) is 0 Å². The molecule has 0 unspecified atom stereocenters. The first-order valence-corrected chi connectivity index (χ1v) is 44.9. The highest BCUT2D eigenvalue weighted by atomic mass is 14.4. The summed E-state index contributed by atoms with van der Waals surface area (Å²) in [5, 5.41) is 24.2. The van der Waals surface area contributed by atoms with Crippen molar-refractivity contribution in [3.63, 3.8) is 0 Å². The average Bonchev–Trinajstić information content (AvgIpc) is 1.61. The van der Waals surface area contributed by atoms with Crippen molar-refractivity contribution in [2.75, 3.05) is 0 Å². The molecule has 0 bridgehead atoms. The number of hydrogen-bond donors (Lipinski definition) is 0. The molecular weight excluding hydrogens is 1550 g/mol. The van der Waals surface area contributed by atoms with Gasteiger partial charge in [0, 0.05) is 27.4 Å². The Morgan fingerprint density at radius 3 is 0.915 bits per heavy atom. The SMILES string of the molecule is CC1(C)c2ccccc2-c2cc(-c3c4ccccc4c(-c4ccc(C#N)cc4)c4ccc(-c5ccccc5)cc34)ccc21.CC1(C)c2ccccc2-c2cc(-c3c4ccccc4c(/C=C/c4ccccc4)c4ccc(-c5ccccc5)cc34)ccc21.CC1(C)c2ccccc2-c2cc(-c3c4ccccc4c(C#Cc4ccccc4)c4ccc(-c5ccccc5)cc34)ccc21. The zero-order valence-electron chi connectivity index (χ0n) is 73.1. The van der Waals surface area contributed by atoms with Crippen molar-refractivity contribution in [2.24, 2.45) is 0 Å². The van der Waals surface area contributed by atoms with Gasteiger partial charge in [0.25, 0.3) is 0 Å². The summed E-state index contributed by atoms with van der Waals surface area (Å²) in [6.07, 6.45) is 4.54. The van der Waals surface area contributed by atoms with Crippen LogP contribution in [0.2, 0.25) is 0 Å². The standard InChI is InChI=1S/C43H32.C43H30.C42H29N/c2*1-43(2)40-20-12-11-18-36(40)38-28-32(23-26-41(38)43)42-37-19-10-9-17-33(37)34(24-21-29-13-5-3-6-14-29)35-25-22-31(27-39(35)42)30-15-7-4-8-16-30;1-42(2)38-15-9-8-12-32(38)36-25-31(21-23-39(36)42)41-34-14-7-6-13-33(34)40(29-18-16-27(26-43)17-19-29)35-22-20-30(24-37(35)41)28-10-4-3-5-11-28/h3-28H,1-2H3;3-20,22-23,25-28H,1-2H3;3-25H,1-2H3/b24-21+;;. The lowest BCUT2D eigenvalue weighted by molar-refractivity contribution is 0.660. The van der Waals surface area contributed by atoms with Crippen LogP contribution < -0.4 is 0 Å². The molecule has 1 nitrogen and oxygen atoms in total. The average molecular weight is 1640 g/mol. The van der Waals surface area contributed by atoms with E-state index >= 15 is 0 Å². The van der Waals surface area contributed by atoms with Gasteiger partial charge in [-0.1, -0.05) is 436 Å². The Labute approximate surface area is 755 Å². The fourth-order valence-corrected chi connectivity index (χ4v) is 21.3. The van der Waals surface area contributed by atoms with E-state index in [1.54, 1.807) is 0 Å². The van der Waals surface area contributed by atoms with Crippen LogP contribution in [0, 0.1) is 23.2 Å². The molecule has 608 valence electrons. The first-order chi connectivity index (χ1) is 63.2. The Kier molecular flexibility index (Phi) is 19.7. The molecule has 21 aromatic rings. The highest BCUT2D eigenvalue weighted by Crippen LogP contribution is 2.56. The summed E-state index contributed by atoms with van der Waals surface area (Å²) in [6, 6.07) is 158. The van der Waals surface area contributed by atoms with Gasteiger partial charge in [-0.25, -0.2) is 0 Å². The summed E-state index contributed by atoms with van der Waals surface area (Å²) < 4.78 is 0. The molecule has 0 aliphatic heterocycles. The van der Waals surface area contributed by atoms with Crippen molar-refractivity contribution in [2.45, 2.75) is 57.8 Å². The Hall–Kier alpha value is -16.0. The molecule has 24 rings (SSSR count). The van der Waals surface area contributed by atoms with Gasteiger partial charge in [0.2, 0.25) is 0 Å². The van der Waals surface area contributed by atoms with Crippen LogP contribution in [0.3, 0.4) is 0 Å². The summed E-state index contributed by atoms with van der Waals surface area (Å²) >= 11 is 0. The Bertz CT molecular complexity index is 8210. The van der Waals surface area contributed by atoms with Crippen LogP contribution in [0.15, 0.2) is 431 Å². The second kappa shape index (κ2) is 32.2. The van der Waals surface area contributed by atoms with Crippen molar-refractivity contribution in [1.29, 1.82) is 5.26 Å². The first-order valence-electron chi connectivity index (χ1n) is 44.9. The van der Waals surface area contributed by atoms with Gasteiger partial charge in [0.1, 0.15) is 0 Å². The van der Waals surface area contributed by atoms with Crippen LogP contribution in [0.5, 0.6) is 0 Å². The van der Waals surface area contributed by atoms with Gasteiger partial charge >= 0.3 is 0 Å². The lowest BCUT2D eigenvalue weighted by Crippen LogP contribution is -2.14. The summed E-state index contributed by atoms with van der Waals surface area (Å²) in [4.78, 5) is 0. The molecule has 0 heterocycles. The Balaban J connectivity index is 0.000000114. The summed E-state index contributed by atoms with van der Waals surface area (Å²) in [7, 11) is 0. The third-order valence-corrected chi connectivity index (χ3v) is 27.7. The fraction of sp³-hybridized carbons (Fsp3) is 0.0703. The maximum atomic E-state index is 9.45. The summed E-state index contributed by atoms with van der Waals surface area (Å²) in [5.74, 6) is 7.06. The minimum absolute atomic E-state index is 0.0127. The smallest absolute Gasteiger partial charge is 0.0991 e. The Morgan fingerprint density at radius 1 is 0.194 bits per heavy atom. The number of nitriles is 1. The van der Waals surface area contributed by atoms with Crippen LogP contribution in [-0.2, 0) is 16.2 Å². The molecule has 0 fully saturated rings. The van der Waals surface area contributed by atoms with E-state index < -0.39 is 0 Å². The summed E-state index contributed by atoms with van der Waals surface area (Å²) in [5.41, 5.74) is 38.7. The van der Waals surface area contributed by atoms with Gasteiger partial charge in [-0.15, -0.1) is 0 Å². The number of fused-ring (bicyclic) bond motifs is 15. The zero-order chi connectivity index (χ0) is 87.1. The number of benzene rings is 21. The molecule has 0 saturated heterocycles. The molecule has 3 aliphatic carbocycles. The second-order valence-electron chi connectivity index (χ2n) is 36.1. The van der Waals surface area contributed by atoms with Crippen LogP contribution >= 0.6 is 0 Å². The van der Waals surface area contributed by atoms with Crippen molar-refractivity contribution in [3.05, 3.63) is 492 Å².